The van der Waals surface area contributed by atoms with Gasteiger partial charge in [0.25, 0.3) is 0 Å². The van der Waals surface area contributed by atoms with Crippen molar-refractivity contribution in [1.82, 2.24) is 19.9 Å². The molecule has 0 atom stereocenters. The Balaban J connectivity index is 0.000000284. The van der Waals surface area contributed by atoms with Gasteiger partial charge in [-0.2, -0.15) is 0 Å². The van der Waals surface area contributed by atoms with E-state index in [1.165, 1.54) is 0 Å². The molecule has 0 spiro atoms. The number of nitrogens with zero attached hydrogens (tertiary/aromatic N) is 6. The molecule has 2 aromatic heterocycles. The molecule has 0 aliphatic rings. The summed E-state index contributed by atoms with van der Waals surface area (Å²) < 4.78 is 0. The van der Waals surface area contributed by atoms with Gasteiger partial charge in [0.1, 0.15) is 0 Å². The number of aliphatic imine (C=N–C) groups is 2. The third kappa shape index (κ3) is 6.58. The van der Waals surface area contributed by atoms with Crippen molar-refractivity contribution in [3.05, 3.63) is 36.4 Å². The standard InChI is InChI=1S/2C5H6N3.Pt/c2*1-6-4-5-7-2-3-8-5;/h2*2-4H,1H3;/q2*-1;+2. The molecule has 0 amide bonds. The Kier molecular flexibility index (Phi) is 8.78. The third-order valence-electron chi connectivity index (χ3n) is 1.45. The molecule has 2 aromatic rings. The molecule has 0 aliphatic heterocycles. The van der Waals surface area contributed by atoms with Gasteiger partial charge in [0, 0.05) is 26.5 Å². The Labute approximate surface area is 114 Å². The summed E-state index contributed by atoms with van der Waals surface area (Å²) in [4.78, 5) is 22.8. The first-order chi connectivity index (χ1) is 7.86. The third-order valence-corrected chi connectivity index (χ3v) is 1.45. The van der Waals surface area contributed by atoms with Crippen LogP contribution in [0.5, 0.6) is 0 Å². The maximum atomic E-state index is 3.85. The minimum atomic E-state index is 0. The van der Waals surface area contributed by atoms with E-state index in [1.807, 2.05) is 0 Å². The van der Waals surface area contributed by atoms with Crippen LogP contribution >= 0.6 is 0 Å². The first kappa shape index (κ1) is 15.4. The molecule has 0 radical (unpaired) electrons. The van der Waals surface area contributed by atoms with Gasteiger partial charge in [0.15, 0.2) is 0 Å². The summed E-state index contributed by atoms with van der Waals surface area (Å²) in [6, 6.07) is 0. The summed E-state index contributed by atoms with van der Waals surface area (Å²) >= 11 is 0. The van der Waals surface area contributed by atoms with Crippen molar-refractivity contribution in [1.29, 1.82) is 0 Å². The van der Waals surface area contributed by atoms with Crippen molar-refractivity contribution in [2.24, 2.45) is 9.98 Å². The smallest absolute Gasteiger partial charge is 0.442 e. The van der Waals surface area contributed by atoms with Crippen molar-refractivity contribution < 1.29 is 21.1 Å². The molecule has 0 saturated heterocycles. The van der Waals surface area contributed by atoms with E-state index in [2.05, 4.69) is 29.9 Å². The second kappa shape index (κ2) is 9.66. The van der Waals surface area contributed by atoms with Crippen LogP contribution in [0.4, 0.5) is 0 Å². The van der Waals surface area contributed by atoms with E-state index in [9.17, 15) is 0 Å². The molecule has 0 bridgehead atoms. The zero-order chi connectivity index (χ0) is 11.6. The fourth-order valence-electron chi connectivity index (χ4n) is 0.870. The van der Waals surface area contributed by atoms with Crippen molar-refractivity contribution >= 4 is 12.4 Å². The van der Waals surface area contributed by atoms with Crippen molar-refractivity contribution in [2.75, 3.05) is 14.1 Å². The topological polar surface area (TPSA) is 78.7 Å². The average Bonchev–Trinajstić information content (AvgIpc) is 2.92. The zero-order valence-electron chi connectivity index (χ0n) is 9.46. The summed E-state index contributed by atoms with van der Waals surface area (Å²) in [5.41, 5.74) is 0. The van der Waals surface area contributed by atoms with E-state index in [1.54, 1.807) is 51.3 Å². The van der Waals surface area contributed by atoms with Gasteiger partial charge in [0.05, 0.1) is 0 Å². The Bertz CT molecular complexity index is 375. The van der Waals surface area contributed by atoms with Gasteiger partial charge < -0.3 is 19.9 Å². The molecule has 2 heterocycles. The molecule has 6 nitrogen and oxygen atoms in total. The summed E-state index contributed by atoms with van der Waals surface area (Å²) in [7, 11) is 3.38. The van der Waals surface area contributed by atoms with Crippen molar-refractivity contribution in [2.45, 2.75) is 0 Å². The number of hydrogen-bond donors (Lipinski definition) is 0. The SMILES string of the molecule is CN=Cc1ncc[n-]1.CN=Cc1ncc[n-]1.[Pt+2]. The van der Waals surface area contributed by atoms with Crippen LogP contribution in [0, 0.1) is 0 Å². The van der Waals surface area contributed by atoms with Gasteiger partial charge in [-0.25, -0.2) is 0 Å². The van der Waals surface area contributed by atoms with Crippen LogP contribution in [0.1, 0.15) is 11.6 Å². The van der Waals surface area contributed by atoms with Crippen LogP contribution < -0.4 is 9.97 Å². The predicted octanol–water partition coefficient (Wildman–Crippen LogP) is 0.172. The zero-order valence-corrected chi connectivity index (χ0v) is 11.7. The molecule has 0 aromatic carbocycles. The van der Waals surface area contributed by atoms with Crippen LogP contribution in [0.2, 0.25) is 0 Å². The first-order valence-corrected chi connectivity index (χ1v) is 4.58. The predicted molar refractivity (Wildman–Crippen MR) is 62.2 cm³/mol. The molecular formula is C10H12N6Pt. The minimum absolute atomic E-state index is 0. The number of aromatic nitrogens is 4. The van der Waals surface area contributed by atoms with E-state index in [4.69, 9.17) is 0 Å². The van der Waals surface area contributed by atoms with Gasteiger partial charge in [-0.1, -0.05) is 24.8 Å². The second-order valence-corrected chi connectivity index (χ2v) is 2.60. The number of imidazole rings is 2. The summed E-state index contributed by atoms with van der Waals surface area (Å²) in [6.45, 7) is 0. The monoisotopic (exact) mass is 411 g/mol. The Hall–Kier alpha value is -1.55. The van der Waals surface area contributed by atoms with Crippen molar-refractivity contribution in [3.63, 3.8) is 0 Å². The Morgan fingerprint density at radius 2 is 1.35 bits per heavy atom. The first-order valence-electron chi connectivity index (χ1n) is 4.58. The maximum Gasteiger partial charge on any atom is 2.00 e. The van der Waals surface area contributed by atoms with Crippen LogP contribution in [0.15, 0.2) is 34.8 Å². The van der Waals surface area contributed by atoms with Crippen LogP contribution in [-0.4, -0.2) is 36.5 Å². The molecule has 0 saturated carbocycles. The molecule has 0 N–H and O–H groups in total. The molecule has 0 unspecified atom stereocenters. The number of hydrogen-bond acceptors (Lipinski definition) is 4. The van der Waals surface area contributed by atoms with E-state index >= 15 is 0 Å². The molecule has 17 heavy (non-hydrogen) atoms. The van der Waals surface area contributed by atoms with Crippen LogP contribution in [0.3, 0.4) is 0 Å². The second-order valence-electron chi connectivity index (χ2n) is 2.60. The molecular weight excluding hydrogens is 399 g/mol. The van der Waals surface area contributed by atoms with Crippen molar-refractivity contribution in [3.8, 4) is 0 Å². The van der Waals surface area contributed by atoms with Gasteiger partial charge in [0.2, 0.25) is 0 Å². The maximum absolute atomic E-state index is 3.85. The van der Waals surface area contributed by atoms with E-state index < -0.39 is 0 Å². The molecule has 0 aliphatic carbocycles. The van der Waals surface area contributed by atoms with Gasteiger partial charge in [-0.15, -0.1) is 0 Å². The largest absolute Gasteiger partial charge is 2.00 e. The minimum Gasteiger partial charge on any atom is -0.442 e. The Morgan fingerprint density at radius 1 is 0.941 bits per heavy atom. The Morgan fingerprint density at radius 3 is 1.59 bits per heavy atom. The van der Waals surface area contributed by atoms with E-state index in [0.717, 1.165) is 0 Å². The summed E-state index contributed by atoms with van der Waals surface area (Å²) in [5, 5.41) is 0. The van der Waals surface area contributed by atoms with Crippen LogP contribution in [-0.2, 0) is 21.1 Å². The summed E-state index contributed by atoms with van der Waals surface area (Å²) in [6.07, 6.45) is 9.77. The fraction of sp³-hybridized carbons (Fsp3) is 0.200. The molecule has 2 rings (SSSR count). The van der Waals surface area contributed by atoms with Crippen LogP contribution in [0.25, 0.3) is 0 Å². The van der Waals surface area contributed by atoms with Gasteiger partial charge in [-0.3, -0.25) is 9.98 Å². The van der Waals surface area contributed by atoms with E-state index in [-0.39, 0.29) is 21.1 Å². The molecule has 92 valence electrons. The van der Waals surface area contributed by atoms with Gasteiger partial charge >= 0.3 is 21.1 Å². The number of rotatable bonds is 2. The molecule has 7 heteroatoms. The van der Waals surface area contributed by atoms with Gasteiger partial charge in [-0.05, 0) is 11.6 Å². The molecule has 0 fully saturated rings. The normalized spacial score (nSPS) is 10.0. The fourth-order valence-corrected chi connectivity index (χ4v) is 0.870. The average molecular weight is 411 g/mol. The van der Waals surface area contributed by atoms with E-state index in [0.29, 0.717) is 11.6 Å². The quantitative estimate of drug-likeness (QED) is 0.661. The summed E-state index contributed by atoms with van der Waals surface area (Å²) in [5.74, 6) is 1.35.